The van der Waals surface area contributed by atoms with Crippen molar-refractivity contribution in [3.8, 4) is 0 Å². The molecule has 0 aromatic carbocycles. The Labute approximate surface area is 103 Å². The molecule has 2 heterocycles. The van der Waals surface area contributed by atoms with Gasteiger partial charge in [0.2, 0.25) is 5.91 Å². The van der Waals surface area contributed by atoms with E-state index in [1.165, 1.54) is 12.8 Å². The van der Waals surface area contributed by atoms with Crippen LogP contribution in [0.15, 0.2) is 12.2 Å². The van der Waals surface area contributed by atoms with Gasteiger partial charge < -0.3 is 10.6 Å². The Hall–Kier alpha value is -0.830. The number of allylic oxidation sites excluding steroid dienone is 2. The molecule has 94 valence electrons. The largest absolute Gasteiger partial charge is 0.336 e. The number of amides is 1. The first-order valence-corrected chi connectivity index (χ1v) is 6.98. The summed E-state index contributed by atoms with van der Waals surface area (Å²) in [5.74, 6) is 0.658. The van der Waals surface area contributed by atoms with Crippen LogP contribution in [0.25, 0.3) is 0 Å². The summed E-state index contributed by atoms with van der Waals surface area (Å²) in [5.41, 5.74) is 6.05. The number of piperidine rings is 1. The van der Waals surface area contributed by atoms with Crippen molar-refractivity contribution in [3.05, 3.63) is 12.2 Å². The number of carbonyl (C=O) groups is 1. The predicted molar refractivity (Wildman–Crippen MR) is 67.3 cm³/mol. The van der Waals surface area contributed by atoms with Gasteiger partial charge in [0, 0.05) is 24.0 Å². The Balaban J connectivity index is 1.72. The lowest BCUT2D eigenvalue weighted by Gasteiger charge is -2.39. The molecule has 3 nitrogen and oxygen atoms in total. The summed E-state index contributed by atoms with van der Waals surface area (Å²) in [5, 5.41) is 0. The van der Waals surface area contributed by atoms with E-state index in [1.54, 1.807) is 0 Å². The Morgan fingerprint density at radius 2 is 1.82 bits per heavy atom. The highest BCUT2D eigenvalue weighted by Crippen LogP contribution is 2.37. The molecule has 2 bridgehead atoms. The number of nitrogens with zero attached hydrogens (tertiary/aromatic N) is 1. The van der Waals surface area contributed by atoms with Gasteiger partial charge in [0.25, 0.3) is 0 Å². The molecule has 3 rings (SSSR count). The molecule has 3 atom stereocenters. The zero-order chi connectivity index (χ0) is 11.8. The maximum Gasteiger partial charge on any atom is 0.226 e. The van der Waals surface area contributed by atoms with Crippen LogP contribution in [0.5, 0.6) is 0 Å². The van der Waals surface area contributed by atoms with Gasteiger partial charge >= 0.3 is 0 Å². The predicted octanol–water partition coefficient (Wildman–Crippen LogP) is 1.82. The van der Waals surface area contributed by atoms with Crippen molar-refractivity contribution in [1.29, 1.82) is 0 Å². The number of rotatable bonds is 1. The van der Waals surface area contributed by atoms with Gasteiger partial charge in [0.1, 0.15) is 0 Å². The fraction of sp³-hybridized carbons (Fsp3) is 0.786. The molecule has 3 unspecified atom stereocenters. The van der Waals surface area contributed by atoms with E-state index in [2.05, 4.69) is 17.1 Å². The molecule has 3 heteroatoms. The second-order valence-electron chi connectivity index (χ2n) is 5.84. The van der Waals surface area contributed by atoms with Crippen LogP contribution in [0, 0.1) is 5.92 Å². The van der Waals surface area contributed by atoms with E-state index in [-0.39, 0.29) is 5.92 Å². The van der Waals surface area contributed by atoms with Crippen LogP contribution < -0.4 is 5.73 Å². The monoisotopic (exact) mass is 234 g/mol. The molecule has 2 saturated heterocycles. The quantitative estimate of drug-likeness (QED) is 0.703. The number of carbonyl (C=O) groups excluding carboxylic acids is 1. The highest BCUT2D eigenvalue weighted by Gasteiger charge is 2.43. The van der Waals surface area contributed by atoms with Crippen LogP contribution in [0.4, 0.5) is 0 Å². The highest BCUT2D eigenvalue weighted by atomic mass is 16.2. The molecule has 0 radical (unpaired) electrons. The fourth-order valence-corrected chi connectivity index (χ4v) is 3.81. The van der Waals surface area contributed by atoms with E-state index >= 15 is 0 Å². The Bertz CT molecular complexity index is 325. The minimum absolute atomic E-state index is 0.248. The molecular formula is C14H22N2O. The van der Waals surface area contributed by atoms with Gasteiger partial charge in [0.15, 0.2) is 0 Å². The smallest absolute Gasteiger partial charge is 0.226 e. The van der Waals surface area contributed by atoms with Crippen LogP contribution in [-0.2, 0) is 4.79 Å². The van der Waals surface area contributed by atoms with E-state index in [0.29, 0.717) is 24.0 Å². The summed E-state index contributed by atoms with van der Waals surface area (Å²) >= 11 is 0. The Morgan fingerprint density at radius 3 is 2.41 bits per heavy atom. The highest BCUT2D eigenvalue weighted by molar-refractivity contribution is 5.80. The van der Waals surface area contributed by atoms with Crippen LogP contribution in [-0.4, -0.2) is 28.9 Å². The molecule has 0 aromatic heterocycles. The summed E-state index contributed by atoms with van der Waals surface area (Å²) < 4.78 is 0. The van der Waals surface area contributed by atoms with Crippen LogP contribution in [0.3, 0.4) is 0 Å². The third-order valence-corrected chi connectivity index (χ3v) is 4.64. The second-order valence-corrected chi connectivity index (χ2v) is 5.84. The Morgan fingerprint density at radius 1 is 1.12 bits per heavy atom. The van der Waals surface area contributed by atoms with E-state index in [9.17, 15) is 4.79 Å². The summed E-state index contributed by atoms with van der Waals surface area (Å²) in [4.78, 5) is 14.8. The standard InChI is InChI=1S/C14H22N2O/c15-11-8-12-6-7-13(9-11)16(12)14(17)10-4-2-1-3-5-10/h1-2,10-13H,3-9,15H2. The summed E-state index contributed by atoms with van der Waals surface area (Å²) in [6, 6.07) is 1.21. The van der Waals surface area contributed by atoms with Gasteiger partial charge in [-0.3, -0.25) is 4.79 Å². The topological polar surface area (TPSA) is 46.3 Å². The molecule has 0 spiro atoms. The van der Waals surface area contributed by atoms with Crippen molar-refractivity contribution in [2.75, 3.05) is 0 Å². The second kappa shape index (κ2) is 4.45. The minimum Gasteiger partial charge on any atom is -0.336 e. The van der Waals surface area contributed by atoms with Gasteiger partial charge in [-0.2, -0.15) is 0 Å². The van der Waals surface area contributed by atoms with Crippen molar-refractivity contribution in [1.82, 2.24) is 4.90 Å². The molecule has 1 aliphatic carbocycles. The van der Waals surface area contributed by atoms with Crippen LogP contribution in [0.1, 0.15) is 44.9 Å². The van der Waals surface area contributed by atoms with Crippen molar-refractivity contribution < 1.29 is 4.79 Å². The minimum atomic E-state index is 0.248. The molecule has 2 aliphatic heterocycles. The van der Waals surface area contributed by atoms with Gasteiger partial charge in [-0.15, -0.1) is 0 Å². The molecule has 0 saturated carbocycles. The lowest BCUT2D eigenvalue weighted by molar-refractivity contribution is -0.140. The fourth-order valence-electron chi connectivity index (χ4n) is 3.81. The third-order valence-electron chi connectivity index (χ3n) is 4.64. The molecule has 17 heavy (non-hydrogen) atoms. The van der Waals surface area contributed by atoms with Gasteiger partial charge in [-0.1, -0.05) is 12.2 Å². The average Bonchev–Trinajstić information content (AvgIpc) is 2.62. The molecular weight excluding hydrogens is 212 g/mol. The van der Waals surface area contributed by atoms with E-state index in [1.807, 2.05) is 0 Å². The zero-order valence-corrected chi connectivity index (χ0v) is 10.3. The normalized spacial score (nSPS) is 40.6. The first kappa shape index (κ1) is 11.3. The third kappa shape index (κ3) is 2.01. The van der Waals surface area contributed by atoms with Crippen molar-refractivity contribution in [2.45, 2.75) is 63.1 Å². The van der Waals surface area contributed by atoms with Crippen molar-refractivity contribution in [3.63, 3.8) is 0 Å². The average molecular weight is 234 g/mol. The Kier molecular flexibility index (Phi) is 2.95. The van der Waals surface area contributed by atoms with Crippen molar-refractivity contribution in [2.24, 2.45) is 11.7 Å². The maximum atomic E-state index is 12.6. The molecule has 1 amide bonds. The maximum absolute atomic E-state index is 12.6. The number of hydrogen-bond donors (Lipinski definition) is 1. The van der Waals surface area contributed by atoms with E-state index in [0.717, 1.165) is 32.1 Å². The van der Waals surface area contributed by atoms with Crippen LogP contribution >= 0.6 is 0 Å². The van der Waals surface area contributed by atoms with Gasteiger partial charge in [0.05, 0.1) is 0 Å². The lowest BCUT2D eigenvalue weighted by atomic mass is 9.90. The first-order chi connectivity index (χ1) is 8.25. The number of hydrogen-bond acceptors (Lipinski definition) is 2. The molecule has 2 N–H and O–H groups in total. The van der Waals surface area contributed by atoms with E-state index < -0.39 is 0 Å². The lowest BCUT2D eigenvalue weighted by Crippen LogP contribution is -2.52. The zero-order valence-electron chi connectivity index (χ0n) is 10.3. The van der Waals surface area contributed by atoms with Crippen molar-refractivity contribution >= 4 is 5.91 Å². The summed E-state index contributed by atoms with van der Waals surface area (Å²) in [7, 11) is 0. The molecule has 3 aliphatic rings. The van der Waals surface area contributed by atoms with Gasteiger partial charge in [-0.25, -0.2) is 0 Å². The molecule has 2 fully saturated rings. The van der Waals surface area contributed by atoms with Crippen LogP contribution in [0.2, 0.25) is 0 Å². The first-order valence-electron chi connectivity index (χ1n) is 6.98. The SMILES string of the molecule is NC1CC2CCC(C1)N2C(=O)C1CC=CCC1. The number of fused-ring (bicyclic) bond motifs is 2. The van der Waals surface area contributed by atoms with Gasteiger partial charge in [-0.05, 0) is 44.9 Å². The summed E-state index contributed by atoms with van der Waals surface area (Å²) in [6.45, 7) is 0. The summed E-state index contributed by atoms with van der Waals surface area (Å²) in [6.07, 6.45) is 11.8. The molecule has 0 aromatic rings. The van der Waals surface area contributed by atoms with E-state index in [4.69, 9.17) is 5.73 Å². The number of nitrogens with two attached hydrogens (primary N) is 1.